The summed E-state index contributed by atoms with van der Waals surface area (Å²) in [4.78, 5) is 0. The zero-order valence-electron chi connectivity index (χ0n) is 11.2. The average Bonchev–Trinajstić information content (AvgIpc) is 2.47. The summed E-state index contributed by atoms with van der Waals surface area (Å²) in [6, 6.07) is 6.95. The molecule has 1 N–H and O–H groups in total. The average molecular weight is 293 g/mol. The lowest BCUT2D eigenvalue weighted by atomic mass is 9.85. The minimum atomic E-state index is -4.47. The Kier molecular flexibility index (Phi) is 4.37. The Hall–Kier alpha value is -2.21. The van der Waals surface area contributed by atoms with Crippen molar-refractivity contribution in [3.8, 4) is 12.1 Å². The monoisotopic (exact) mass is 293 g/mol. The number of nitrogens with zero attached hydrogens (tertiary/aromatic N) is 2. The highest BCUT2D eigenvalue weighted by atomic mass is 19.4. The van der Waals surface area contributed by atoms with Gasteiger partial charge in [0.2, 0.25) is 0 Å². The molecule has 1 saturated carbocycles. The van der Waals surface area contributed by atoms with E-state index in [1.165, 1.54) is 6.07 Å². The molecule has 6 heteroatoms. The van der Waals surface area contributed by atoms with E-state index in [9.17, 15) is 13.2 Å². The minimum Gasteiger partial charge on any atom is -0.380 e. The highest BCUT2D eigenvalue weighted by Crippen LogP contribution is 2.33. The van der Waals surface area contributed by atoms with Crippen LogP contribution in [0.15, 0.2) is 18.2 Å². The van der Waals surface area contributed by atoms with Crippen LogP contribution in [0.2, 0.25) is 0 Å². The molecule has 0 saturated heterocycles. The molecule has 2 rings (SSSR count). The van der Waals surface area contributed by atoms with E-state index >= 15 is 0 Å². The van der Waals surface area contributed by atoms with Crippen molar-refractivity contribution in [1.29, 1.82) is 10.5 Å². The van der Waals surface area contributed by atoms with E-state index in [-0.39, 0.29) is 17.5 Å². The Balaban J connectivity index is 2.24. The van der Waals surface area contributed by atoms with Crippen LogP contribution in [-0.4, -0.2) is 6.04 Å². The second-order valence-corrected chi connectivity index (χ2v) is 5.14. The highest BCUT2D eigenvalue weighted by Gasteiger charge is 2.31. The Labute approximate surface area is 121 Å². The Morgan fingerprint density at radius 2 is 1.86 bits per heavy atom. The fraction of sp³-hybridized carbons (Fsp3) is 0.467. The molecule has 0 aromatic heterocycles. The van der Waals surface area contributed by atoms with E-state index in [2.05, 4.69) is 11.4 Å². The van der Waals surface area contributed by atoms with Gasteiger partial charge in [0.25, 0.3) is 0 Å². The molecule has 110 valence electrons. The maximum Gasteiger partial charge on any atom is 0.416 e. The van der Waals surface area contributed by atoms with Gasteiger partial charge in [-0.05, 0) is 31.0 Å². The van der Waals surface area contributed by atoms with Crippen LogP contribution in [0, 0.1) is 28.6 Å². The second-order valence-electron chi connectivity index (χ2n) is 5.14. The molecule has 3 nitrogen and oxygen atoms in total. The number of nitriles is 2. The fourth-order valence-electron chi connectivity index (χ4n) is 2.60. The summed E-state index contributed by atoms with van der Waals surface area (Å²) in [5.41, 5.74) is -0.533. The zero-order chi connectivity index (χ0) is 15.5. The quantitative estimate of drug-likeness (QED) is 0.894. The maximum atomic E-state index is 12.6. The van der Waals surface area contributed by atoms with Crippen LogP contribution in [-0.2, 0) is 6.18 Å². The van der Waals surface area contributed by atoms with Crippen molar-refractivity contribution in [1.82, 2.24) is 0 Å². The van der Waals surface area contributed by atoms with Crippen LogP contribution in [0.25, 0.3) is 0 Å². The summed E-state index contributed by atoms with van der Waals surface area (Å²) in [5, 5.41) is 21.2. The van der Waals surface area contributed by atoms with Gasteiger partial charge in [0.1, 0.15) is 6.07 Å². The van der Waals surface area contributed by atoms with Crippen molar-refractivity contribution in [2.45, 2.75) is 37.9 Å². The number of benzene rings is 1. The van der Waals surface area contributed by atoms with Crippen molar-refractivity contribution in [2.24, 2.45) is 5.92 Å². The lowest BCUT2D eigenvalue weighted by Crippen LogP contribution is -2.31. The number of hydrogen-bond acceptors (Lipinski definition) is 3. The number of anilines is 1. The molecule has 2 atom stereocenters. The van der Waals surface area contributed by atoms with E-state index in [0.29, 0.717) is 5.69 Å². The Morgan fingerprint density at radius 3 is 2.48 bits per heavy atom. The molecule has 0 bridgehead atoms. The van der Waals surface area contributed by atoms with E-state index < -0.39 is 11.7 Å². The molecule has 2 unspecified atom stereocenters. The lowest BCUT2D eigenvalue weighted by molar-refractivity contribution is -0.137. The van der Waals surface area contributed by atoms with Crippen molar-refractivity contribution in [2.75, 3.05) is 5.32 Å². The Bertz CT molecular complexity index is 596. The SMILES string of the molecule is N#Cc1cc(C(F)(F)F)ccc1NC1CCCCC1C#N. The first-order valence-electron chi connectivity index (χ1n) is 6.73. The van der Waals surface area contributed by atoms with Gasteiger partial charge in [0, 0.05) is 6.04 Å². The molecule has 0 spiro atoms. The lowest BCUT2D eigenvalue weighted by Gasteiger charge is -2.28. The van der Waals surface area contributed by atoms with Gasteiger partial charge in [-0.3, -0.25) is 0 Å². The largest absolute Gasteiger partial charge is 0.416 e. The molecule has 21 heavy (non-hydrogen) atoms. The number of rotatable bonds is 2. The maximum absolute atomic E-state index is 12.6. The predicted octanol–water partition coefficient (Wildman–Crippen LogP) is 4.07. The van der Waals surface area contributed by atoms with Gasteiger partial charge >= 0.3 is 6.18 Å². The van der Waals surface area contributed by atoms with E-state index in [1.807, 2.05) is 0 Å². The van der Waals surface area contributed by atoms with Crippen LogP contribution in [0.4, 0.5) is 18.9 Å². The first-order valence-corrected chi connectivity index (χ1v) is 6.73. The summed E-state index contributed by atoms with van der Waals surface area (Å²) >= 11 is 0. The second kappa shape index (κ2) is 6.05. The van der Waals surface area contributed by atoms with Crippen molar-refractivity contribution in [3.05, 3.63) is 29.3 Å². The molecule has 1 aromatic rings. The van der Waals surface area contributed by atoms with E-state index in [1.54, 1.807) is 6.07 Å². The summed E-state index contributed by atoms with van der Waals surface area (Å²) in [7, 11) is 0. The van der Waals surface area contributed by atoms with Crippen LogP contribution in [0.5, 0.6) is 0 Å². The summed E-state index contributed by atoms with van der Waals surface area (Å²) in [6.45, 7) is 0. The first kappa shape index (κ1) is 15.2. The molecule has 0 heterocycles. The van der Waals surface area contributed by atoms with E-state index in [4.69, 9.17) is 10.5 Å². The molecule has 1 aromatic carbocycles. The van der Waals surface area contributed by atoms with Gasteiger partial charge in [0.05, 0.1) is 28.8 Å². The van der Waals surface area contributed by atoms with Gasteiger partial charge < -0.3 is 5.32 Å². The normalized spacial score (nSPS) is 22.1. The minimum absolute atomic E-state index is 0.0490. The number of hydrogen-bond donors (Lipinski definition) is 1. The highest BCUT2D eigenvalue weighted by molar-refractivity contribution is 5.59. The zero-order valence-corrected chi connectivity index (χ0v) is 11.2. The number of halogens is 3. The van der Waals surface area contributed by atoms with Crippen molar-refractivity contribution in [3.63, 3.8) is 0 Å². The smallest absolute Gasteiger partial charge is 0.380 e. The van der Waals surface area contributed by atoms with Crippen LogP contribution in [0.1, 0.15) is 36.8 Å². The molecule has 0 aliphatic heterocycles. The van der Waals surface area contributed by atoms with Crippen molar-refractivity contribution < 1.29 is 13.2 Å². The first-order chi connectivity index (χ1) is 9.95. The van der Waals surface area contributed by atoms with Crippen LogP contribution >= 0.6 is 0 Å². The van der Waals surface area contributed by atoms with Crippen LogP contribution in [0.3, 0.4) is 0 Å². The molecular weight excluding hydrogens is 279 g/mol. The summed E-state index contributed by atoms with van der Waals surface area (Å²) in [6.07, 6.45) is -0.960. The molecule has 1 aliphatic rings. The molecule has 0 radical (unpaired) electrons. The van der Waals surface area contributed by atoms with E-state index in [0.717, 1.165) is 37.8 Å². The van der Waals surface area contributed by atoms with Gasteiger partial charge in [-0.15, -0.1) is 0 Å². The third-order valence-corrected chi connectivity index (χ3v) is 3.74. The van der Waals surface area contributed by atoms with Crippen LogP contribution < -0.4 is 5.32 Å². The topological polar surface area (TPSA) is 59.6 Å². The van der Waals surface area contributed by atoms with Gasteiger partial charge in [-0.2, -0.15) is 23.7 Å². The number of alkyl halides is 3. The Morgan fingerprint density at radius 1 is 1.14 bits per heavy atom. The molecule has 1 fully saturated rings. The summed E-state index contributed by atoms with van der Waals surface area (Å²) in [5.74, 6) is -0.174. The predicted molar refractivity (Wildman–Crippen MR) is 71.1 cm³/mol. The molecule has 1 aliphatic carbocycles. The van der Waals surface area contributed by atoms with Crippen molar-refractivity contribution >= 4 is 5.69 Å². The molecule has 0 amide bonds. The third-order valence-electron chi connectivity index (χ3n) is 3.74. The standard InChI is InChI=1S/C15H14F3N3/c16-15(17,18)12-5-6-14(11(7-12)9-20)21-13-4-2-1-3-10(13)8-19/h5-7,10,13,21H,1-4H2. The fourth-order valence-corrected chi connectivity index (χ4v) is 2.60. The summed E-state index contributed by atoms with van der Waals surface area (Å²) < 4.78 is 37.9. The van der Waals surface area contributed by atoms with Gasteiger partial charge in [0.15, 0.2) is 0 Å². The van der Waals surface area contributed by atoms with Gasteiger partial charge in [-0.25, -0.2) is 0 Å². The van der Waals surface area contributed by atoms with Gasteiger partial charge in [-0.1, -0.05) is 12.8 Å². The number of nitrogens with one attached hydrogen (secondary N) is 1. The molecular formula is C15H14F3N3. The third kappa shape index (κ3) is 3.46.